The van der Waals surface area contributed by atoms with E-state index in [2.05, 4.69) is 5.32 Å². The van der Waals surface area contributed by atoms with Gasteiger partial charge in [0, 0.05) is 13.2 Å². The molecule has 0 saturated carbocycles. The van der Waals surface area contributed by atoms with Crippen molar-refractivity contribution in [3.63, 3.8) is 0 Å². The third-order valence-electron chi connectivity index (χ3n) is 2.32. The standard InChI is InChI=1S/C13H18N2O3/c14-8-11-2-4-13(5-3-11)18-10-12(17)9-15-6-1-7-16/h2-5,12,15-17H,1,6-7,9-10H2/t12-/m1/s1. The molecule has 5 heteroatoms. The molecule has 3 N–H and O–H groups in total. The maximum absolute atomic E-state index is 9.61. The average molecular weight is 250 g/mol. The largest absolute Gasteiger partial charge is 0.491 e. The second-order valence-corrected chi connectivity index (χ2v) is 3.88. The Balaban J connectivity index is 2.21. The molecule has 0 aromatic heterocycles. The van der Waals surface area contributed by atoms with Gasteiger partial charge in [-0.2, -0.15) is 5.26 Å². The Labute approximate surface area is 107 Å². The Morgan fingerprint density at radius 2 is 2.06 bits per heavy atom. The summed E-state index contributed by atoms with van der Waals surface area (Å²) < 4.78 is 5.38. The molecule has 18 heavy (non-hydrogen) atoms. The third kappa shape index (κ3) is 5.64. The van der Waals surface area contributed by atoms with E-state index >= 15 is 0 Å². The van der Waals surface area contributed by atoms with E-state index in [9.17, 15) is 5.11 Å². The van der Waals surface area contributed by atoms with Crippen LogP contribution in [0.15, 0.2) is 24.3 Å². The van der Waals surface area contributed by atoms with Crippen LogP contribution in [-0.4, -0.2) is 42.6 Å². The van der Waals surface area contributed by atoms with Crippen LogP contribution < -0.4 is 10.1 Å². The second-order valence-electron chi connectivity index (χ2n) is 3.88. The van der Waals surface area contributed by atoms with Crippen molar-refractivity contribution in [3.8, 4) is 11.8 Å². The van der Waals surface area contributed by atoms with Crippen molar-refractivity contribution < 1.29 is 14.9 Å². The zero-order chi connectivity index (χ0) is 13.2. The molecule has 0 saturated heterocycles. The fourth-order valence-electron chi connectivity index (χ4n) is 1.35. The lowest BCUT2D eigenvalue weighted by molar-refractivity contribution is 0.106. The molecule has 1 aromatic rings. The molecule has 0 aliphatic rings. The SMILES string of the molecule is N#Cc1ccc(OC[C@H](O)CNCCCO)cc1. The Hall–Kier alpha value is -1.61. The highest BCUT2D eigenvalue weighted by Crippen LogP contribution is 2.11. The predicted molar refractivity (Wildman–Crippen MR) is 67.2 cm³/mol. The Morgan fingerprint density at radius 3 is 2.67 bits per heavy atom. The van der Waals surface area contributed by atoms with Crippen LogP contribution in [0.5, 0.6) is 5.75 Å². The molecule has 0 fully saturated rings. The number of rotatable bonds is 8. The van der Waals surface area contributed by atoms with Gasteiger partial charge in [0.15, 0.2) is 0 Å². The quantitative estimate of drug-likeness (QED) is 0.577. The molecule has 0 amide bonds. The number of aliphatic hydroxyl groups excluding tert-OH is 2. The Bertz CT molecular complexity index is 373. The fourth-order valence-corrected chi connectivity index (χ4v) is 1.35. The highest BCUT2D eigenvalue weighted by atomic mass is 16.5. The van der Waals surface area contributed by atoms with E-state index in [-0.39, 0.29) is 13.2 Å². The van der Waals surface area contributed by atoms with Crippen LogP contribution >= 0.6 is 0 Å². The summed E-state index contributed by atoms with van der Waals surface area (Å²) in [5.74, 6) is 0.628. The maximum atomic E-state index is 9.61. The first-order chi connectivity index (χ1) is 8.76. The fraction of sp³-hybridized carbons (Fsp3) is 0.462. The van der Waals surface area contributed by atoms with Crippen LogP contribution in [-0.2, 0) is 0 Å². The van der Waals surface area contributed by atoms with Crippen LogP contribution in [0, 0.1) is 11.3 Å². The zero-order valence-corrected chi connectivity index (χ0v) is 10.2. The van der Waals surface area contributed by atoms with Gasteiger partial charge in [-0.15, -0.1) is 0 Å². The summed E-state index contributed by atoms with van der Waals surface area (Å²) in [4.78, 5) is 0. The van der Waals surface area contributed by atoms with Crippen LogP contribution in [0.3, 0.4) is 0 Å². The molecule has 0 radical (unpaired) electrons. The molecule has 0 aliphatic carbocycles. The molecular formula is C13H18N2O3. The molecule has 0 spiro atoms. The van der Waals surface area contributed by atoms with Crippen LogP contribution in [0.25, 0.3) is 0 Å². The number of nitriles is 1. The third-order valence-corrected chi connectivity index (χ3v) is 2.32. The van der Waals surface area contributed by atoms with Gasteiger partial charge in [0.05, 0.1) is 11.6 Å². The Kier molecular flexibility index (Phi) is 6.81. The predicted octanol–water partition coefficient (Wildman–Crippen LogP) is 0.270. The van der Waals surface area contributed by atoms with Crippen molar-refractivity contribution in [3.05, 3.63) is 29.8 Å². The average Bonchev–Trinajstić information content (AvgIpc) is 2.42. The van der Waals surface area contributed by atoms with Crippen molar-refractivity contribution in [2.45, 2.75) is 12.5 Å². The first-order valence-corrected chi connectivity index (χ1v) is 5.89. The molecule has 0 heterocycles. The molecule has 0 unspecified atom stereocenters. The van der Waals surface area contributed by atoms with E-state index in [4.69, 9.17) is 15.1 Å². The summed E-state index contributed by atoms with van der Waals surface area (Å²) in [6.45, 7) is 1.43. The van der Waals surface area contributed by atoms with Crippen molar-refractivity contribution in [1.29, 1.82) is 5.26 Å². The molecule has 5 nitrogen and oxygen atoms in total. The highest BCUT2D eigenvalue weighted by Gasteiger charge is 2.04. The number of benzene rings is 1. The number of aliphatic hydroxyl groups is 2. The minimum atomic E-state index is -0.598. The van der Waals surface area contributed by atoms with Gasteiger partial charge in [-0.1, -0.05) is 0 Å². The van der Waals surface area contributed by atoms with Crippen LogP contribution in [0.1, 0.15) is 12.0 Å². The lowest BCUT2D eigenvalue weighted by Crippen LogP contribution is -2.32. The van der Waals surface area contributed by atoms with E-state index in [1.165, 1.54) is 0 Å². The van der Waals surface area contributed by atoms with Gasteiger partial charge in [0.2, 0.25) is 0 Å². The van der Waals surface area contributed by atoms with E-state index in [0.29, 0.717) is 30.8 Å². The monoisotopic (exact) mass is 250 g/mol. The zero-order valence-electron chi connectivity index (χ0n) is 10.2. The molecular weight excluding hydrogens is 232 g/mol. The minimum Gasteiger partial charge on any atom is -0.491 e. The number of nitrogens with one attached hydrogen (secondary N) is 1. The number of hydrogen-bond acceptors (Lipinski definition) is 5. The van der Waals surface area contributed by atoms with E-state index in [1.807, 2.05) is 6.07 Å². The van der Waals surface area contributed by atoms with Crippen molar-refractivity contribution >= 4 is 0 Å². The Morgan fingerprint density at radius 1 is 1.33 bits per heavy atom. The van der Waals surface area contributed by atoms with Gasteiger partial charge < -0.3 is 20.3 Å². The first kappa shape index (κ1) is 14.5. The van der Waals surface area contributed by atoms with Gasteiger partial charge in [0.25, 0.3) is 0 Å². The molecule has 1 aromatic carbocycles. The number of hydrogen-bond donors (Lipinski definition) is 3. The minimum absolute atomic E-state index is 0.144. The second kappa shape index (κ2) is 8.48. The van der Waals surface area contributed by atoms with Crippen molar-refractivity contribution in [1.82, 2.24) is 5.32 Å². The lowest BCUT2D eigenvalue weighted by Gasteiger charge is -2.13. The van der Waals surface area contributed by atoms with Crippen LogP contribution in [0.2, 0.25) is 0 Å². The molecule has 1 rings (SSSR count). The van der Waals surface area contributed by atoms with Gasteiger partial charge in [0.1, 0.15) is 18.5 Å². The van der Waals surface area contributed by atoms with E-state index in [0.717, 1.165) is 0 Å². The molecule has 0 aliphatic heterocycles. The molecule has 98 valence electrons. The van der Waals surface area contributed by atoms with E-state index in [1.54, 1.807) is 24.3 Å². The van der Waals surface area contributed by atoms with Gasteiger partial charge >= 0.3 is 0 Å². The molecule has 0 bridgehead atoms. The van der Waals surface area contributed by atoms with Gasteiger partial charge in [-0.3, -0.25) is 0 Å². The number of ether oxygens (including phenoxy) is 1. The first-order valence-electron chi connectivity index (χ1n) is 5.89. The van der Waals surface area contributed by atoms with Gasteiger partial charge in [-0.05, 0) is 37.2 Å². The topological polar surface area (TPSA) is 85.5 Å². The summed E-state index contributed by atoms with van der Waals surface area (Å²) >= 11 is 0. The van der Waals surface area contributed by atoms with Crippen LogP contribution in [0.4, 0.5) is 0 Å². The molecule has 1 atom stereocenters. The summed E-state index contributed by atoms with van der Waals surface area (Å²) in [5.41, 5.74) is 0.577. The summed E-state index contributed by atoms with van der Waals surface area (Å²) in [7, 11) is 0. The summed E-state index contributed by atoms with van der Waals surface area (Å²) in [6, 6.07) is 8.76. The smallest absolute Gasteiger partial charge is 0.119 e. The van der Waals surface area contributed by atoms with Gasteiger partial charge in [-0.25, -0.2) is 0 Å². The summed E-state index contributed by atoms with van der Waals surface area (Å²) in [6.07, 6.45) is 0.0720. The number of nitrogens with zero attached hydrogens (tertiary/aromatic N) is 1. The maximum Gasteiger partial charge on any atom is 0.119 e. The highest BCUT2D eigenvalue weighted by molar-refractivity contribution is 5.34. The van der Waals surface area contributed by atoms with Crippen molar-refractivity contribution in [2.75, 3.05) is 26.3 Å². The summed E-state index contributed by atoms with van der Waals surface area (Å²) in [5, 5.41) is 29.8. The van der Waals surface area contributed by atoms with Crippen molar-refractivity contribution in [2.24, 2.45) is 0 Å². The van der Waals surface area contributed by atoms with E-state index < -0.39 is 6.10 Å². The normalized spacial score (nSPS) is 11.8. The lowest BCUT2D eigenvalue weighted by atomic mass is 10.2.